The number of nitrogens with two attached hydrogens (primary N) is 1. The average Bonchev–Trinajstić information content (AvgIpc) is 2.60. The molecular formula is C20H31N3O3. The number of carbonyl (C=O) groups is 3. The van der Waals surface area contributed by atoms with Gasteiger partial charge in [-0.3, -0.25) is 14.4 Å². The lowest BCUT2D eigenvalue weighted by atomic mass is 10.0. The van der Waals surface area contributed by atoms with E-state index in [1.165, 1.54) is 18.2 Å². The molecule has 3 amide bonds. The molecule has 0 radical (unpaired) electrons. The molecule has 6 nitrogen and oxygen atoms in total. The number of nitrogens with one attached hydrogen (secondary N) is 1. The van der Waals surface area contributed by atoms with Crippen LogP contribution in [0.15, 0.2) is 18.2 Å². The fourth-order valence-corrected chi connectivity index (χ4v) is 2.64. The highest BCUT2D eigenvalue weighted by Crippen LogP contribution is 2.14. The Morgan fingerprint density at radius 2 is 1.54 bits per heavy atom. The highest BCUT2D eigenvalue weighted by molar-refractivity contribution is 6.04. The molecule has 1 rings (SSSR count). The molecule has 0 heterocycles. The molecule has 6 heteroatoms. The predicted octanol–water partition coefficient (Wildman–Crippen LogP) is 2.82. The third-order valence-electron chi connectivity index (χ3n) is 4.01. The van der Waals surface area contributed by atoms with Gasteiger partial charge < -0.3 is 16.0 Å². The smallest absolute Gasteiger partial charge is 0.253 e. The minimum Gasteiger partial charge on any atom is -0.366 e. The van der Waals surface area contributed by atoms with E-state index in [1.807, 2.05) is 13.8 Å². The van der Waals surface area contributed by atoms with Crippen LogP contribution in [0, 0.1) is 5.92 Å². The molecule has 0 spiro atoms. The third-order valence-corrected chi connectivity index (χ3v) is 4.01. The molecule has 0 aromatic heterocycles. The molecule has 1 aromatic rings. The molecule has 0 atom stereocenters. The van der Waals surface area contributed by atoms with E-state index in [9.17, 15) is 14.4 Å². The monoisotopic (exact) mass is 361 g/mol. The summed E-state index contributed by atoms with van der Waals surface area (Å²) in [6, 6.07) is 4.44. The van der Waals surface area contributed by atoms with Crippen LogP contribution in [-0.2, 0) is 0 Å². The Morgan fingerprint density at radius 3 is 2.04 bits per heavy atom. The van der Waals surface area contributed by atoms with Gasteiger partial charge in [-0.15, -0.1) is 0 Å². The number of amides is 3. The van der Waals surface area contributed by atoms with Gasteiger partial charge in [0.05, 0.1) is 0 Å². The number of hydrogen-bond donors (Lipinski definition) is 2. The van der Waals surface area contributed by atoms with Gasteiger partial charge in [-0.05, 0) is 43.4 Å². The van der Waals surface area contributed by atoms with E-state index in [1.54, 1.807) is 4.90 Å². The maximum Gasteiger partial charge on any atom is 0.253 e. The fraction of sp³-hybridized carbons (Fsp3) is 0.550. The van der Waals surface area contributed by atoms with Crippen LogP contribution >= 0.6 is 0 Å². The van der Waals surface area contributed by atoms with Gasteiger partial charge in [-0.2, -0.15) is 0 Å². The number of primary amides is 1. The average molecular weight is 361 g/mol. The van der Waals surface area contributed by atoms with Crippen LogP contribution in [0.25, 0.3) is 0 Å². The van der Waals surface area contributed by atoms with E-state index in [4.69, 9.17) is 5.73 Å². The predicted molar refractivity (Wildman–Crippen MR) is 103 cm³/mol. The van der Waals surface area contributed by atoms with Crippen LogP contribution in [0.5, 0.6) is 0 Å². The largest absolute Gasteiger partial charge is 0.366 e. The van der Waals surface area contributed by atoms with E-state index in [0.29, 0.717) is 31.1 Å². The molecule has 0 aliphatic heterocycles. The van der Waals surface area contributed by atoms with Crippen molar-refractivity contribution in [2.24, 2.45) is 11.7 Å². The fourth-order valence-electron chi connectivity index (χ4n) is 2.64. The summed E-state index contributed by atoms with van der Waals surface area (Å²) in [4.78, 5) is 38.6. The first-order valence-electron chi connectivity index (χ1n) is 9.32. The Bertz CT molecular complexity index is 635. The second-order valence-electron chi connectivity index (χ2n) is 6.89. The van der Waals surface area contributed by atoms with Crippen LogP contribution < -0.4 is 11.1 Å². The molecule has 0 saturated carbocycles. The Labute approximate surface area is 156 Å². The van der Waals surface area contributed by atoms with Gasteiger partial charge in [0, 0.05) is 36.3 Å². The quantitative estimate of drug-likeness (QED) is 0.671. The van der Waals surface area contributed by atoms with Crippen molar-refractivity contribution in [3.8, 4) is 0 Å². The Kier molecular flexibility index (Phi) is 8.82. The molecule has 0 fully saturated rings. The summed E-state index contributed by atoms with van der Waals surface area (Å²) in [7, 11) is 0. The summed E-state index contributed by atoms with van der Waals surface area (Å²) in [5.41, 5.74) is 6.15. The number of rotatable bonds is 10. The summed E-state index contributed by atoms with van der Waals surface area (Å²) in [6.07, 6.45) is 2.53. The van der Waals surface area contributed by atoms with E-state index in [2.05, 4.69) is 19.2 Å². The topological polar surface area (TPSA) is 92.5 Å². The van der Waals surface area contributed by atoms with Gasteiger partial charge in [0.2, 0.25) is 5.91 Å². The standard InChI is InChI=1S/C20H31N3O3/c1-5-9-23(10-6-2)20(26)17-12-15(18(21)24)11-16(13-17)19(25)22-8-7-14(3)4/h11-14H,5-10H2,1-4H3,(H2,21,24)(H,22,25). The van der Waals surface area contributed by atoms with E-state index < -0.39 is 5.91 Å². The first-order chi connectivity index (χ1) is 12.3. The van der Waals surface area contributed by atoms with E-state index >= 15 is 0 Å². The first-order valence-corrected chi connectivity index (χ1v) is 9.32. The number of benzene rings is 1. The Balaban J connectivity index is 3.11. The summed E-state index contributed by atoms with van der Waals surface area (Å²) >= 11 is 0. The van der Waals surface area contributed by atoms with Crippen molar-refractivity contribution in [1.82, 2.24) is 10.2 Å². The lowest BCUT2D eigenvalue weighted by Gasteiger charge is -2.22. The molecule has 0 unspecified atom stereocenters. The second-order valence-corrected chi connectivity index (χ2v) is 6.89. The van der Waals surface area contributed by atoms with Crippen molar-refractivity contribution in [2.45, 2.75) is 47.0 Å². The third kappa shape index (κ3) is 6.50. The maximum atomic E-state index is 12.8. The molecule has 0 aliphatic rings. The second kappa shape index (κ2) is 10.6. The van der Waals surface area contributed by atoms with E-state index in [0.717, 1.165) is 19.3 Å². The van der Waals surface area contributed by atoms with Crippen molar-refractivity contribution < 1.29 is 14.4 Å². The molecule has 144 valence electrons. The van der Waals surface area contributed by atoms with E-state index in [-0.39, 0.29) is 22.9 Å². The lowest BCUT2D eigenvalue weighted by Crippen LogP contribution is -2.33. The van der Waals surface area contributed by atoms with Crippen LogP contribution in [-0.4, -0.2) is 42.3 Å². The van der Waals surface area contributed by atoms with Crippen molar-refractivity contribution in [3.05, 3.63) is 34.9 Å². The highest BCUT2D eigenvalue weighted by Gasteiger charge is 2.19. The first kappa shape index (κ1) is 21.7. The summed E-state index contributed by atoms with van der Waals surface area (Å²) in [6.45, 7) is 9.96. The van der Waals surface area contributed by atoms with Crippen molar-refractivity contribution in [2.75, 3.05) is 19.6 Å². The van der Waals surface area contributed by atoms with Gasteiger partial charge >= 0.3 is 0 Å². The number of nitrogens with zero attached hydrogens (tertiary/aromatic N) is 1. The molecule has 26 heavy (non-hydrogen) atoms. The van der Waals surface area contributed by atoms with Crippen molar-refractivity contribution in [3.63, 3.8) is 0 Å². The van der Waals surface area contributed by atoms with Gasteiger partial charge in [0.15, 0.2) is 0 Å². The SMILES string of the molecule is CCCN(CCC)C(=O)c1cc(C(N)=O)cc(C(=O)NCCC(C)C)c1. The van der Waals surface area contributed by atoms with Gasteiger partial charge in [0.1, 0.15) is 0 Å². The van der Waals surface area contributed by atoms with Crippen molar-refractivity contribution in [1.29, 1.82) is 0 Å². The summed E-state index contributed by atoms with van der Waals surface area (Å²) < 4.78 is 0. The Hall–Kier alpha value is -2.37. The zero-order chi connectivity index (χ0) is 19.7. The minimum absolute atomic E-state index is 0.165. The van der Waals surface area contributed by atoms with Gasteiger partial charge in [0.25, 0.3) is 11.8 Å². The summed E-state index contributed by atoms with van der Waals surface area (Å²) in [5, 5.41) is 2.83. The molecule has 3 N–H and O–H groups in total. The molecular weight excluding hydrogens is 330 g/mol. The molecule has 0 bridgehead atoms. The maximum absolute atomic E-state index is 12.8. The number of carbonyl (C=O) groups excluding carboxylic acids is 3. The Morgan fingerprint density at radius 1 is 1.00 bits per heavy atom. The zero-order valence-corrected chi connectivity index (χ0v) is 16.3. The number of hydrogen-bond acceptors (Lipinski definition) is 3. The van der Waals surface area contributed by atoms with Crippen LogP contribution in [0.1, 0.15) is 78.0 Å². The van der Waals surface area contributed by atoms with Gasteiger partial charge in [-0.25, -0.2) is 0 Å². The zero-order valence-electron chi connectivity index (χ0n) is 16.3. The normalized spacial score (nSPS) is 10.7. The summed E-state index contributed by atoms with van der Waals surface area (Å²) in [5.74, 6) is -0.678. The molecule has 1 aromatic carbocycles. The van der Waals surface area contributed by atoms with Gasteiger partial charge in [-0.1, -0.05) is 27.7 Å². The van der Waals surface area contributed by atoms with Crippen LogP contribution in [0.2, 0.25) is 0 Å². The molecule has 0 aliphatic carbocycles. The highest BCUT2D eigenvalue weighted by atomic mass is 16.2. The molecule has 0 saturated heterocycles. The lowest BCUT2D eigenvalue weighted by molar-refractivity contribution is 0.0755. The van der Waals surface area contributed by atoms with Crippen LogP contribution in [0.3, 0.4) is 0 Å². The van der Waals surface area contributed by atoms with Crippen LogP contribution in [0.4, 0.5) is 0 Å². The van der Waals surface area contributed by atoms with Crippen molar-refractivity contribution >= 4 is 17.7 Å². The minimum atomic E-state index is -0.659.